The Morgan fingerprint density at radius 3 is 2.82 bits per heavy atom. The Morgan fingerprint density at radius 2 is 2.36 bits per heavy atom. The number of guanidine groups is 1. The molecule has 1 unspecified atom stereocenters. The molecular formula is C5H10ClN5. The molecule has 0 saturated carbocycles. The highest BCUT2D eigenvalue weighted by atomic mass is 35.5. The fraction of sp³-hybridized carbons (Fsp3) is 0.600. The summed E-state index contributed by atoms with van der Waals surface area (Å²) in [5.41, 5.74) is 10.9. The van der Waals surface area contributed by atoms with Gasteiger partial charge in [0.25, 0.3) is 0 Å². The number of halogens is 1. The van der Waals surface area contributed by atoms with Crippen LogP contribution in [0.5, 0.6) is 0 Å². The second-order valence-electron chi connectivity index (χ2n) is 2.07. The molecule has 5 nitrogen and oxygen atoms in total. The summed E-state index contributed by atoms with van der Waals surface area (Å²) < 4.78 is 0. The monoisotopic (exact) mass is 175 g/mol. The molecule has 0 bridgehead atoms. The fourth-order valence-corrected chi connectivity index (χ4v) is 1.13. The first-order valence-corrected chi connectivity index (χ1v) is 3.62. The van der Waals surface area contributed by atoms with E-state index in [0.29, 0.717) is 11.8 Å². The molecule has 11 heavy (non-hydrogen) atoms. The van der Waals surface area contributed by atoms with Crippen LogP contribution in [0.2, 0.25) is 0 Å². The Kier molecular flexibility index (Phi) is 2.31. The Balaban J connectivity index is 2.82. The second-order valence-corrected chi connectivity index (χ2v) is 2.41. The first-order chi connectivity index (χ1) is 5.15. The van der Waals surface area contributed by atoms with Crippen LogP contribution in [0.15, 0.2) is 9.98 Å². The van der Waals surface area contributed by atoms with Crippen molar-refractivity contribution in [3.05, 3.63) is 0 Å². The van der Waals surface area contributed by atoms with Crippen molar-refractivity contribution >= 4 is 22.9 Å². The number of nitrogens with two attached hydrogens (primary N) is 2. The van der Waals surface area contributed by atoms with E-state index < -0.39 is 6.29 Å². The van der Waals surface area contributed by atoms with E-state index in [1.807, 2.05) is 6.92 Å². The van der Waals surface area contributed by atoms with Gasteiger partial charge >= 0.3 is 0 Å². The molecule has 0 aromatic rings. The molecular weight excluding hydrogens is 166 g/mol. The van der Waals surface area contributed by atoms with Crippen molar-refractivity contribution in [2.75, 3.05) is 6.54 Å². The Hall–Kier alpha value is -0.810. The zero-order valence-electron chi connectivity index (χ0n) is 6.16. The van der Waals surface area contributed by atoms with Crippen molar-refractivity contribution in [3.8, 4) is 0 Å². The highest BCUT2D eigenvalue weighted by Crippen LogP contribution is 2.06. The number of nitrogens with zero attached hydrogens (tertiary/aromatic N) is 3. The molecule has 1 rings (SSSR count). The summed E-state index contributed by atoms with van der Waals surface area (Å²) in [4.78, 5) is 9.19. The largest absolute Gasteiger partial charge is 0.368 e. The summed E-state index contributed by atoms with van der Waals surface area (Å²) in [7, 11) is 0. The lowest BCUT2D eigenvalue weighted by molar-refractivity contribution is 0.342. The predicted octanol–water partition coefficient (Wildman–Crippen LogP) is -0.526. The first kappa shape index (κ1) is 8.29. The number of aliphatic imine (C=N–C) groups is 2. The molecule has 0 aliphatic carbocycles. The second kappa shape index (κ2) is 3.06. The van der Waals surface area contributed by atoms with Crippen LogP contribution in [-0.4, -0.2) is 29.0 Å². The summed E-state index contributed by atoms with van der Waals surface area (Å²) in [5, 5.41) is 0.299. The van der Waals surface area contributed by atoms with E-state index in [2.05, 4.69) is 9.98 Å². The van der Waals surface area contributed by atoms with Gasteiger partial charge in [0.1, 0.15) is 0 Å². The van der Waals surface area contributed by atoms with Crippen molar-refractivity contribution in [1.82, 2.24) is 4.90 Å². The van der Waals surface area contributed by atoms with Gasteiger partial charge in [-0.05, 0) is 18.5 Å². The van der Waals surface area contributed by atoms with Crippen molar-refractivity contribution in [2.24, 2.45) is 21.5 Å². The Morgan fingerprint density at radius 1 is 1.73 bits per heavy atom. The third-order valence-corrected chi connectivity index (χ3v) is 1.67. The van der Waals surface area contributed by atoms with Crippen molar-refractivity contribution in [1.29, 1.82) is 0 Å². The minimum Gasteiger partial charge on any atom is -0.368 e. The lowest BCUT2D eigenvalue weighted by Gasteiger charge is -2.27. The van der Waals surface area contributed by atoms with E-state index in [1.54, 1.807) is 4.90 Å². The van der Waals surface area contributed by atoms with Gasteiger partial charge in [0, 0.05) is 6.54 Å². The van der Waals surface area contributed by atoms with Gasteiger partial charge in [-0.3, -0.25) is 5.73 Å². The highest BCUT2D eigenvalue weighted by molar-refractivity contribution is 6.65. The number of rotatable bonds is 1. The first-order valence-electron chi connectivity index (χ1n) is 3.25. The van der Waals surface area contributed by atoms with Crippen molar-refractivity contribution in [2.45, 2.75) is 13.2 Å². The molecule has 1 heterocycles. The zero-order valence-corrected chi connectivity index (χ0v) is 6.91. The van der Waals surface area contributed by atoms with Crippen molar-refractivity contribution in [3.63, 3.8) is 0 Å². The van der Waals surface area contributed by atoms with Crippen LogP contribution >= 0.6 is 11.6 Å². The molecule has 0 aromatic carbocycles. The summed E-state index contributed by atoms with van der Waals surface area (Å²) in [6.45, 7) is 2.58. The Bertz CT molecular complexity index is 211. The van der Waals surface area contributed by atoms with E-state index in [9.17, 15) is 0 Å². The van der Waals surface area contributed by atoms with Gasteiger partial charge in [-0.15, -0.1) is 0 Å². The zero-order chi connectivity index (χ0) is 8.43. The molecule has 0 amide bonds. The molecule has 0 saturated heterocycles. The molecule has 0 fully saturated rings. The fourth-order valence-electron chi connectivity index (χ4n) is 0.820. The maximum atomic E-state index is 5.71. The Labute approximate surface area is 69.7 Å². The van der Waals surface area contributed by atoms with Crippen LogP contribution < -0.4 is 11.5 Å². The molecule has 0 radical (unpaired) electrons. The molecule has 1 atom stereocenters. The van der Waals surface area contributed by atoms with Gasteiger partial charge < -0.3 is 10.6 Å². The topological polar surface area (TPSA) is 80.0 Å². The lowest BCUT2D eigenvalue weighted by atomic mass is 10.6. The smallest absolute Gasteiger partial charge is 0.221 e. The van der Waals surface area contributed by atoms with Crippen molar-refractivity contribution < 1.29 is 0 Å². The predicted molar refractivity (Wildman–Crippen MR) is 45.3 cm³/mol. The average Bonchev–Trinajstić information content (AvgIpc) is 1.85. The van der Waals surface area contributed by atoms with Crippen LogP contribution in [0.3, 0.4) is 0 Å². The third-order valence-electron chi connectivity index (χ3n) is 1.37. The van der Waals surface area contributed by atoms with Crippen LogP contribution in [0.25, 0.3) is 0 Å². The van der Waals surface area contributed by atoms with E-state index in [0.717, 1.165) is 0 Å². The maximum absolute atomic E-state index is 5.71. The van der Waals surface area contributed by atoms with E-state index in [4.69, 9.17) is 23.1 Å². The minimum atomic E-state index is -0.495. The van der Waals surface area contributed by atoms with E-state index >= 15 is 0 Å². The molecule has 62 valence electrons. The van der Waals surface area contributed by atoms with Gasteiger partial charge in [-0.2, -0.15) is 4.99 Å². The number of hydrogen-bond acceptors (Lipinski definition) is 5. The van der Waals surface area contributed by atoms with Crippen LogP contribution in [-0.2, 0) is 0 Å². The standard InChI is InChI=1S/C5H10ClN5/c1-2-11-3(6)9-4(7)10-5(11)8/h5H,2,8H2,1H3,(H2,7,10). The maximum Gasteiger partial charge on any atom is 0.221 e. The lowest BCUT2D eigenvalue weighted by Crippen LogP contribution is -2.46. The molecule has 1 aliphatic rings. The van der Waals surface area contributed by atoms with Crippen LogP contribution in [0, 0.1) is 0 Å². The molecule has 6 heteroatoms. The molecule has 0 aromatic heterocycles. The normalized spacial score (nSPS) is 24.6. The average molecular weight is 176 g/mol. The van der Waals surface area contributed by atoms with Gasteiger partial charge in [-0.1, -0.05) is 0 Å². The number of amidine groups is 1. The quantitative estimate of drug-likeness (QED) is 0.526. The van der Waals surface area contributed by atoms with E-state index in [1.165, 1.54) is 0 Å². The van der Waals surface area contributed by atoms with Gasteiger partial charge in [-0.25, -0.2) is 4.99 Å². The minimum absolute atomic E-state index is 0.132. The van der Waals surface area contributed by atoms with Gasteiger partial charge in [0.15, 0.2) is 6.29 Å². The summed E-state index contributed by atoms with van der Waals surface area (Å²) in [6.07, 6.45) is -0.495. The summed E-state index contributed by atoms with van der Waals surface area (Å²) in [6, 6.07) is 0. The SMILES string of the molecule is CCN1C(Cl)=NC(N)=NC1N. The number of hydrogen-bond donors (Lipinski definition) is 2. The molecule has 1 aliphatic heterocycles. The van der Waals surface area contributed by atoms with Crippen LogP contribution in [0.1, 0.15) is 6.92 Å². The summed E-state index contributed by atoms with van der Waals surface area (Å²) in [5.74, 6) is 0.132. The van der Waals surface area contributed by atoms with Gasteiger partial charge in [0.05, 0.1) is 0 Å². The third kappa shape index (κ3) is 1.61. The molecule has 0 spiro atoms. The highest BCUT2D eigenvalue weighted by Gasteiger charge is 2.18. The molecule has 4 N–H and O–H groups in total. The van der Waals surface area contributed by atoms with E-state index in [-0.39, 0.29) is 5.96 Å². The van der Waals surface area contributed by atoms with Crippen LogP contribution in [0.4, 0.5) is 0 Å². The summed E-state index contributed by atoms with van der Waals surface area (Å²) >= 11 is 5.71. The van der Waals surface area contributed by atoms with Gasteiger partial charge in [0.2, 0.25) is 11.3 Å².